The molecule has 0 bridgehead atoms. The molecular weight excluding hydrogens is 230 g/mol. The van der Waals surface area contributed by atoms with Crippen LogP contribution in [0.2, 0.25) is 0 Å². The van der Waals surface area contributed by atoms with E-state index in [4.69, 9.17) is 0 Å². The fraction of sp³-hybridized carbons (Fsp3) is 0.111. The topological polar surface area (TPSA) is 4.93 Å². The molecule has 0 saturated carbocycles. The van der Waals surface area contributed by atoms with E-state index in [1.807, 2.05) is 0 Å². The zero-order valence-corrected chi connectivity index (χ0v) is 10.9. The number of aryl methyl sites for hydroxylation is 1. The highest BCUT2D eigenvalue weighted by Crippen LogP contribution is 2.32. The van der Waals surface area contributed by atoms with E-state index < -0.39 is 0 Å². The molecule has 1 aromatic heterocycles. The molecular formula is C18H15N. The number of aromatic nitrogens is 1. The van der Waals surface area contributed by atoms with Crippen LogP contribution in [0.25, 0.3) is 23.1 Å². The SMILES string of the molecule is Cn1c2c(c3ccccc31)Cc1ccccc1C=C2. The molecule has 1 heteroatoms. The Bertz CT molecular complexity index is 806. The maximum atomic E-state index is 2.30. The van der Waals surface area contributed by atoms with Crippen LogP contribution in [0, 0.1) is 0 Å². The second kappa shape index (κ2) is 3.86. The summed E-state index contributed by atoms with van der Waals surface area (Å²) in [5.41, 5.74) is 6.84. The monoisotopic (exact) mass is 245 g/mol. The summed E-state index contributed by atoms with van der Waals surface area (Å²) in [5.74, 6) is 0. The molecule has 0 amide bonds. The lowest BCUT2D eigenvalue weighted by Gasteiger charge is -2.03. The smallest absolute Gasteiger partial charge is 0.0485 e. The second-order valence-electron chi connectivity index (χ2n) is 5.15. The van der Waals surface area contributed by atoms with Gasteiger partial charge in [0.2, 0.25) is 0 Å². The Morgan fingerprint density at radius 1 is 0.895 bits per heavy atom. The van der Waals surface area contributed by atoms with E-state index >= 15 is 0 Å². The number of hydrogen-bond donors (Lipinski definition) is 0. The van der Waals surface area contributed by atoms with Crippen LogP contribution in [-0.2, 0) is 13.5 Å². The van der Waals surface area contributed by atoms with Gasteiger partial charge in [0.05, 0.1) is 0 Å². The van der Waals surface area contributed by atoms with Crippen molar-refractivity contribution in [3.8, 4) is 0 Å². The van der Waals surface area contributed by atoms with Gasteiger partial charge < -0.3 is 4.57 Å². The standard InChI is InChI=1S/C18H15N/c1-19-17-9-5-4-8-15(17)16-12-14-7-3-2-6-13(14)10-11-18(16)19/h2-11H,12H2,1H3. The van der Waals surface area contributed by atoms with Crippen LogP contribution >= 0.6 is 0 Å². The number of para-hydroxylation sites is 1. The van der Waals surface area contributed by atoms with Gasteiger partial charge in [-0.25, -0.2) is 0 Å². The Kier molecular flexibility index (Phi) is 2.16. The average molecular weight is 245 g/mol. The van der Waals surface area contributed by atoms with Crippen molar-refractivity contribution in [1.82, 2.24) is 4.57 Å². The molecule has 4 rings (SSSR count). The molecule has 1 nitrogen and oxygen atoms in total. The molecule has 19 heavy (non-hydrogen) atoms. The molecule has 0 saturated heterocycles. The molecule has 1 aliphatic rings. The number of benzene rings is 2. The summed E-state index contributed by atoms with van der Waals surface area (Å²) in [7, 11) is 2.15. The van der Waals surface area contributed by atoms with Crippen molar-refractivity contribution in [3.05, 3.63) is 70.9 Å². The quantitative estimate of drug-likeness (QED) is 0.436. The van der Waals surface area contributed by atoms with Gasteiger partial charge in [-0.05, 0) is 28.8 Å². The predicted octanol–water partition coefficient (Wildman–Crippen LogP) is 4.25. The summed E-state index contributed by atoms with van der Waals surface area (Å²) in [5, 5.41) is 1.38. The van der Waals surface area contributed by atoms with E-state index in [2.05, 4.69) is 72.3 Å². The highest BCUT2D eigenvalue weighted by atomic mass is 14.9. The summed E-state index contributed by atoms with van der Waals surface area (Å²) in [4.78, 5) is 0. The summed E-state index contributed by atoms with van der Waals surface area (Å²) >= 11 is 0. The summed E-state index contributed by atoms with van der Waals surface area (Å²) in [6.45, 7) is 0. The van der Waals surface area contributed by atoms with Crippen molar-refractivity contribution < 1.29 is 0 Å². The molecule has 1 aliphatic carbocycles. The van der Waals surface area contributed by atoms with Crippen molar-refractivity contribution >= 4 is 23.1 Å². The summed E-state index contributed by atoms with van der Waals surface area (Å²) in [6, 6.07) is 17.3. The Hall–Kier alpha value is -2.28. The van der Waals surface area contributed by atoms with Gasteiger partial charge in [0.15, 0.2) is 0 Å². The van der Waals surface area contributed by atoms with Crippen molar-refractivity contribution in [2.75, 3.05) is 0 Å². The maximum absolute atomic E-state index is 2.30. The fourth-order valence-corrected chi connectivity index (χ4v) is 3.11. The van der Waals surface area contributed by atoms with Gasteiger partial charge in [-0.15, -0.1) is 0 Å². The van der Waals surface area contributed by atoms with Gasteiger partial charge in [-0.1, -0.05) is 48.5 Å². The molecule has 3 aromatic rings. The third kappa shape index (κ3) is 1.48. The zero-order chi connectivity index (χ0) is 12.8. The highest BCUT2D eigenvalue weighted by Gasteiger charge is 2.16. The minimum atomic E-state index is 1.01. The van der Waals surface area contributed by atoms with Gasteiger partial charge in [0.1, 0.15) is 0 Å². The summed E-state index contributed by atoms with van der Waals surface area (Å²) < 4.78 is 2.30. The van der Waals surface area contributed by atoms with Crippen molar-refractivity contribution in [1.29, 1.82) is 0 Å². The number of nitrogens with zero attached hydrogens (tertiary/aromatic N) is 1. The van der Waals surface area contributed by atoms with Crippen LogP contribution in [-0.4, -0.2) is 4.57 Å². The van der Waals surface area contributed by atoms with Crippen LogP contribution in [0.4, 0.5) is 0 Å². The molecule has 0 unspecified atom stereocenters. The number of rotatable bonds is 0. The predicted molar refractivity (Wildman–Crippen MR) is 81.1 cm³/mol. The van der Waals surface area contributed by atoms with Gasteiger partial charge >= 0.3 is 0 Å². The molecule has 0 radical (unpaired) electrons. The van der Waals surface area contributed by atoms with Crippen molar-refractivity contribution in [3.63, 3.8) is 0 Å². The van der Waals surface area contributed by atoms with Crippen molar-refractivity contribution in [2.24, 2.45) is 7.05 Å². The molecule has 0 N–H and O–H groups in total. The van der Waals surface area contributed by atoms with Gasteiger partial charge in [0, 0.05) is 30.1 Å². The van der Waals surface area contributed by atoms with Crippen LogP contribution in [0.5, 0.6) is 0 Å². The minimum absolute atomic E-state index is 1.01. The fourth-order valence-electron chi connectivity index (χ4n) is 3.11. The van der Waals surface area contributed by atoms with E-state index in [0.29, 0.717) is 0 Å². The van der Waals surface area contributed by atoms with Crippen molar-refractivity contribution in [2.45, 2.75) is 6.42 Å². The van der Waals surface area contributed by atoms with Crippen LogP contribution in [0.1, 0.15) is 22.4 Å². The second-order valence-corrected chi connectivity index (χ2v) is 5.15. The van der Waals surface area contributed by atoms with Crippen LogP contribution < -0.4 is 0 Å². The average Bonchev–Trinajstić information content (AvgIpc) is 2.63. The molecule has 92 valence electrons. The Labute approximate surface area is 112 Å². The highest BCUT2D eigenvalue weighted by molar-refractivity contribution is 5.91. The molecule has 0 fully saturated rings. The van der Waals surface area contributed by atoms with E-state index in [-0.39, 0.29) is 0 Å². The third-order valence-electron chi connectivity index (χ3n) is 4.10. The number of fused-ring (bicyclic) bond motifs is 4. The Morgan fingerprint density at radius 3 is 2.63 bits per heavy atom. The van der Waals surface area contributed by atoms with Crippen LogP contribution in [0.15, 0.2) is 48.5 Å². The maximum Gasteiger partial charge on any atom is 0.0485 e. The first-order chi connectivity index (χ1) is 9.34. The minimum Gasteiger partial charge on any atom is -0.344 e. The third-order valence-corrected chi connectivity index (χ3v) is 4.10. The normalized spacial score (nSPS) is 13.1. The van der Waals surface area contributed by atoms with Crippen LogP contribution in [0.3, 0.4) is 0 Å². The van der Waals surface area contributed by atoms with Gasteiger partial charge in [-0.3, -0.25) is 0 Å². The molecule has 0 atom stereocenters. The van der Waals surface area contributed by atoms with E-state index in [1.54, 1.807) is 0 Å². The van der Waals surface area contributed by atoms with E-state index in [1.165, 1.54) is 33.3 Å². The lowest BCUT2D eigenvalue weighted by Crippen LogP contribution is -1.93. The lowest BCUT2D eigenvalue weighted by molar-refractivity contribution is 0.944. The molecule has 0 spiro atoms. The first kappa shape index (κ1) is 10.6. The Balaban J connectivity index is 2.05. The van der Waals surface area contributed by atoms with E-state index in [0.717, 1.165) is 6.42 Å². The number of hydrogen-bond acceptors (Lipinski definition) is 0. The first-order valence-corrected chi connectivity index (χ1v) is 6.67. The van der Waals surface area contributed by atoms with Gasteiger partial charge in [-0.2, -0.15) is 0 Å². The van der Waals surface area contributed by atoms with E-state index in [9.17, 15) is 0 Å². The van der Waals surface area contributed by atoms with Gasteiger partial charge in [0.25, 0.3) is 0 Å². The molecule has 0 aliphatic heterocycles. The Morgan fingerprint density at radius 2 is 1.68 bits per heavy atom. The summed E-state index contributed by atoms with van der Waals surface area (Å²) in [6.07, 6.45) is 5.50. The lowest BCUT2D eigenvalue weighted by atomic mass is 10.0. The molecule has 1 heterocycles. The first-order valence-electron chi connectivity index (χ1n) is 6.67. The molecule has 2 aromatic carbocycles. The zero-order valence-electron chi connectivity index (χ0n) is 10.9. The largest absolute Gasteiger partial charge is 0.344 e.